The maximum atomic E-state index is 12.1. The van der Waals surface area contributed by atoms with Gasteiger partial charge in [0.25, 0.3) is 5.91 Å². The Hall–Kier alpha value is -2.33. The monoisotopic (exact) mass is 469 g/mol. The second-order valence-electron chi connectivity index (χ2n) is 7.08. The molecular weight excluding hydrogens is 445 g/mol. The fraction of sp³-hybridized carbons (Fsp3) is 0.450. The molecule has 31 heavy (non-hydrogen) atoms. The van der Waals surface area contributed by atoms with Crippen molar-refractivity contribution in [1.82, 2.24) is 26.0 Å². The zero-order valence-corrected chi connectivity index (χ0v) is 18.6. The number of benzene rings is 1. The number of nitrogens with zero attached hydrogens (tertiary/aromatic N) is 2. The molecule has 2 heterocycles. The topological polar surface area (TPSA) is 109 Å². The highest BCUT2D eigenvalue weighted by Gasteiger charge is 2.21. The van der Waals surface area contributed by atoms with Gasteiger partial charge in [-0.3, -0.25) is 9.69 Å². The van der Waals surface area contributed by atoms with E-state index in [0.29, 0.717) is 42.0 Å². The number of aromatic nitrogens is 1. The Bertz CT molecular complexity index is 907. The van der Waals surface area contributed by atoms with E-state index in [2.05, 4.69) is 26.0 Å². The third-order valence-corrected chi connectivity index (χ3v) is 5.39. The minimum atomic E-state index is -0.360. The smallest absolute Gasteiger partial charge is 0.315 e. The van der Waals surface area contributed by atoms with E-state index in [4.69, 9.17) is 32.5 Å². The number of urea groups is 1. The molecule has 1 aliphatic heterocycles. The Labute approximate surface area is 190 Å². The third kappa shape index (κ3) is 7.10. The molecule has 1 fully saturated rings. The maximum absolute atomic E-state index is 12.1. The standard InChI is InChI=1S/C20H25Cl2N5O4/c1-2-23-19(28)18-8-14(31-26-18)9-24-20(29)25-10-15-12-27(5-6-30-15)11-13-3-4-16(21)17(22)7-13/h3-4,7-8,15H,2,5-6,9-12H2,1H3,(H,23,28)(H2,24,25,29)/t15-/m0/s1. The molecule has 1 aromatic heterocycles. The van der Waals surface area contributed by atoms with E-state index >= 15 is 0 Å². The lowest BCUT2D eigenvalue weighted by Crippen LogP contribution is -2.48. The molecule has 2 aromatic rings. The van der Waals surface area contributed by atoms with Crippen molar-refractivity contribution in [1.29, 1.82) is 0 Å². The fourth-order valence-electron chi connectivity index (χ4n) is 3.13. The molecule has 0 radical (unpaired) electrons. The lowest BCUT2D eigenvalue weighted by atomic mass is 10.2. The molecule has 0 spiro atoms. The van der Waals surface area contributed by atoms with Crippen molar-refractivity contribution in [2.75, 3.05) is 32.8 Å². The first-order chi connectivity index (χ1) is 14.9. The molecule has 11 heteroatoms. The van der Waals surface area contributed by atoms with Gasteiger partial charge in [0.2, 0.25) is 0 Å². The quantitative estimate of drug-likeness (QED) is 0.547. The fourth-order valence-corrected chi connectivity index (χ4v) is 3.46. The van der Waals surface area contributed by atoms with E-state index in [1.54, 1.807) is 6.07 Å². The van der Waals surface area contributed by atoms with Crippen molar-refractivity contribution in [3.63, 3.8) is 0 Å². The zero-order valence-electron chi connectivity index (χ0n) is 17.1. The molecular formula is C20H25Cl2N5O4. The SMILES string of the molecule is CCNC(=O)c1cc(CNC(=O)NC[C@H]2CN(Cc3ccc(Cl)c(Cl)c3)CCO2)on1. The molecule has 0 aliphatic carbocycles. The lowest BCUT2D eigenvalue weighted by molar-refractivity contribution is -0.0287. The molecule has 9 nitrogen and oxygen atoms in total. The van der Waals surface area contributed by atoms with Crippen LogP contribution < -0.4 is 16.0 Å². The normalized spacial score (nSPS) is 16.7. The third-order valence-electron chi connectivity index (χ3n) is 4.66. The molecule has 0 unspecified atom stereocenters. The molecule has 1 saturated heterocycles. The average molecular weight is 470 g/mol. The Kier molecular flexibility index (Phi) is 8.53. The Morgan fingerprint density at radius 2 is 2.03 bits per heavy atom. The van der Waals surface area contributed by atoms with Crippen molar-refractivity contribution >= 4 is 35.1 Å². The largest absolute Gasteiger partial charge is 0.374 e. The minimum Gasteiger partial charge on any atom is -0.374 e. The van der Waals surface area contributed by atoms with Crippen LogP contribution in [0.3, 0.4) is 0 Å². The highest BCUT2D eigenvalue weighted by Crippen LogP contribution is 2.23. The van der Waals surface area contributed by atoms with Crippen LogP contribution >= 0.6 is 23.2 Å². The Morgan fingerprint density at radius 1 is 1.19 bits per heavy atom. The predicted octanol–water partition coefficient (Wildman–Crippen LogP) is 2.43. The van der Waals surface area contributed by atoms with E-state index in [-0.39, 0.29) is 30.3 Å². The van der Waals surface area contributed by atoms with Crippen molar-refractivity contribution < 1.29 is 18.8 Å². The van der Waals surface area contributed by atoms with Gasteiger partial charge in [0.05, 0.1) is 29.3 Å². The summed E-state index contributed by atoms with van der Waals surface area (Å²) in [6, 6.07) is 6.74. The number of rotatable bonds is 8. The number of amides is 3. The Morgan fingerprint density at radius 3 is 2.81 bits per heavy atom. The number of hydrogen-bond donors (Lipinski definition) is 3. The molecule has 0 bridgehead atoms. The summed E-state index contributed by atoms with van der Waals surface area (Å²) in [5.41, 5.74) is 1.25. The van der Waals surface area contributed by atoms with Crippen LogP contribution in [0.4, 0.5) is 4.79 Å². The van der Waals surface area contributed by atoms with Crippen LogP contribution in [-0.2, 0) is 17.8 Å². The summed E-state index contributed by atoms with van der Waals surface area (Å²) in [5, 5.41) is 12.8. The highest BCUT2D eigenvalue weighted by atomic mass is 35.5. The summed E-state index contributed by atoms with van der Waals surface area (Å²) in [4.78, 5) is 26.0. The zero-order chi connectivity index (χ0) is 22.2. The predicted molar refractivity (Wildman–Crippen MR) is 116 cm³/mol. The van der Waals surface area contributed by atoms with E-state index in [9.17, 15) is 9.59 Å². The van der Waals surface area contributed by atoms with Gasteiger partial charge in [-0.2, -0.15) is 0 Å². The lowest BCUT2D eigenvalue weighted by Gasteiger charge is -2.33. The van der Waals surface area contributed by atoms with E-state index in [1.807, 2.05) is 19.1 Å². The molecule has 3 amide bonds. The van der Waals surface area contributed by atoms with Gasteiger partial charge < -0.3 is 25.2 Å². The molecule has 1 aromatic carbocycles. The molecule has 0 saturated carbocycles. The van der Waals surface area contributed by atoms with Crippen LogP contribution in [-0.4, -0.2) is 60.9 Å². The molecule has 3 rings (SSSR count). The van der Waals surface area contributed by atoms with Gasteiger partial charge in [-0.25, -0.2) is 4.79 Å². The highest BCUT2D eigenvalue weighted by molar-refractivity contribution is 6.42. The number of nitrogens with one attached hydrogen (secondary N) is 3. The summed E-state index contributed by atoms with van der Waals surface area (Å²) in [6.07, 6.45) is -0.128. The van der Waals surface area contributed by atoms with Gasteiger partial charge >= 0.3 is 6.03 Å². The van der Waals surface area contributed by atoms with Crippen molar-refractivity contribution in [3.05, 3.63) is 51.3 Å². The van der Waals surface area contributed by atoms with Crippen molar-refractivity contribution in [2.45, 2.75) is 26.1 Å². The first-order valence-corrected chi connectivity index (χ1v) is 10.7. The van der Waals surface area contributed by atoms with Crippen LogP contribution in [0.2, 0.25) is 10.0 Å². The van der Waals surface area contributed by atoms with Gasteiger partial charge in [0, 0.05) is 38.8 Å². The number of carbonyl (C=O) groups is 2. The van der Waals surface area contributed by atoms with E-state index in [0.717, 1.165) is 18.7 Å². The summed E-state index contributed by atoms with van der Waals surface area (Å²) >= 11 is 12.1. The van der Waals surface area contributed by atoms with E-state index in [1.165, 1.54) is 6.07 Å². The second kappa shape index (κ2) is 11.3. The van der Waals surface area contributed by atoms with Gasteiger partial charge in [0.15, 0.2) is 11.5 Å². The number of carbonyl (C=O) groups excluding carboxylic acids is 2. The van der Waals surface area contributed by atoms with Crippen LogP contribution in [0, 0.1) is 0 Å². The first kappa shape index (κ1) is 23.3. The summed E-state index contributed by atoms with van der Waals surface area (Å²) in [5.74, 6) is 0.0694. The molecule has 3 N–H and O–H groups in total. The number of ether oxygens (including phenoxy) is 1. The minimum absolute atomic E-state index is 0.118. The van der Waals surface area contributed by atoms with Gasteiger partial charge in [0.1, 0.15) is 0 Å². The summed E-state index contributed by atoms with van der Waals surface area (Å²) < 4.78 is 10.8. The summed E-state index contributed by atoms with van der Waals surface area (Å²) in [6.45, 7) is 5.57. The van der Waals surface area contributed by atoms with E-state index < -0.39 is 0 Å². The molecule has 168 valence electrons. The van der Waals surface area contributed by atoms with Crippen molar-refractivity contribution in [3.8, 4) is 0 Å². The summed E-state index contributed by atoms with van der Waals surface area (Å²) in [7, 11) is 0. The van der Waals surface area contributed by atoms with Gasteiger partial charge in [-0.1, -0.05) is 34.4 Å². The average Bonchev–Trinajstić information content (AvgIpc) is 3.23. The number of morpholine rings is 1. The van der Waals surface area contributed by atoms with Crippen LogP contribution in [0.25, 0.3) is 0 Å². The van der Waals surface area contributed by atoms with Crippen molar-refractivity contribution in [2.24, 2.45) is 0 Å². The van der Waals surface area contributed by atoms with Crippen LogP contribution in [0.5, 0.6) is 0 Å². The number of halogens is 2. The Balaban J connectivity index is 1.39. The van der Waals surface area contributed by atoms with Crippen LogP contribution in [0.15, 0.2) is 28.8 Å². The first-order valence-electron chi connectivity index (χ1n) is 9.98. The molecule has 1 atom stereocenters. The second-order valence-corrected chi connectivity index (χ2v) is 7.89. The number of hydrogen-bond acceptors (Lipinski definition) is 6. The van der Waals surface area contributed by atoms with Gasteiger partial charge in [-0.15, -0.1) is 0 Å². The maximum Gasteiger partial charge on any atom is 0.315 e. The van der Waals surface area contributed by atoms with Gasteiger partial charge in [-0.05, 0) is 24.6 Å². The van der Waals surface area contributed by atoms with Crippen LogP contribution in [0.1, 0.15) is 28.7 Å². The molecule has 1 aliphatic rings.